The summed E-state index contributed by atoms with van der Waals surface area (Å²) in [6.07, 6.45) is 4.43. The first kappa shape index (κ1) is 22.9. The number of aryl methyl sites for hydroxylation is 1. The summed E-state index contributed by atoms with van der Waals surface area (Å²) in [6.45, 7) is 1.90. The first-order valence-electron chi connectivity index (χ1n) is 9.81. The number of amides is 2. The number of rotatable bonds is 7. The lowest BCUT2D eigenvalue weighted by atomic mass is 9.82. The van der Waals surface area contributed by atoms with Crippen LogP contribution < -0.4 is 10.6 Å². The summed E-state index contributed by atoms with van der Waals surface area (Å²) in [5.74, 6) is -2.47. The summed E-state index contributed by atoms with van der Waals surface area (Å²) in [5, 5.41) is 15.5. The van der Waals surface area contributed by atoms with Gasteiger partial charge in [0, 0.05) is 21.3 Å². The number of hydrogen-bond acceptors (Lipinski definition) is 4. The molecule has 0 spiro atoms. The average molecular weight is 459 g/mol. The number of anilines is 2. The molecule has 3 N–H and O–H groups in total. The minimum atomic E-state index is -0.956. The standard InChI is InChI=1S/C23H23ClN2O4S/c1-14-6-7-16(12-20(14)24)25-21(27)13-31-17-10-8-15(9-11-17)26-22(28)18-4-2-3-5-19(18)23(29)30/h2-3,6-12,18-19H,4-5,13H2,1H3,(H,25,27)(H,26,28)(H,29,30)/t18-,19+/m1/s1. The molecule has 31 heavy (non-hydrogen) atoms. The minimum Gasteiger partial charge on any atom is -0.481 e. The Bertz CT molecular complexity index is 1010. The van der Waals surface area contributed by atoms with E-state index in [9.17, 15) is 19.5 Å². The first-order chi connectivity index (χ1) is 14.8. The van der Waals surface area contributed by atoms with Gasteiger partial charge in [0.05, 0.1) is 17.6 Å². The van der Waals surface area contributed by atoms with E-state index in [-0.39, 0.29) is 17.6 Å². The molecule has 1 aliphatic rings. The fourth-order valence-electron chi connectivity index (χ4n) is 3.26. The lowest BCUT2D eigenvalue weighted by molar-refractivity contribution is -0.146. The normalized spacial score (nSPS) is 17.7. The number of carboxylic acids is 1. The molecular weight excluding hydrogens is 436 g/mol. The van der Waals surface area contributed by atoms with Crippen LogP contribution in [-0.2, 0) is 14.4 Å². The van der Waals surface area contributed by atoms with E-state index < -0.39 is 17.8 Å². The second-order valence-electron chi connectivity index (χ2n) is 7.31. The molecule has 162 valence electrons. The molecule has 8 heteroatoms. The molecule has 6 nitrogen and oxygen atoms in total. The van der Waals surface area contributed by atoms with E-state index in [2.05, 4.69) is 10.6 Å². The SMILES string of the molecule is Cc1ccc(NC(=O)CSc2ccc(NC(=O)[C@@H]3CC=CC[C@@H]3C(=O)O)cc2)cc1Cl. The zero-order chi connectivity index (χ0) is 22.4. The molecule has 1 aliphatic carbocycles. The number of aliphatic carboxylic acids is 1. The third-order valence-electron chi connectivity index (χ3n) is 5.03. The predicted molar refractivity (Wildman–Crippen MR) is 124 cm³/mol. The van der Waals surface area contributed by atoms with Crippen LogP contribution in [0.25, 0.3) is 0 Å². The topological polar surface area (TPSA) is 95.5 Å². The third kappa shape index (κ3) is 6.35. The zero-order valence-electron chi connectivity index (χ0n) is 16.9. The van der Waals surface area contributed by atoms with Gasteiger partial charge in [0.2, 0.25) is 11.8 Å². The summed E-state index contributed by atoms with van der Waals surface area (Å²) in [4.78, 5) is 37.0. The Labute approximate surface area is 190 Å². The molecule has 2 atom stereocenters. The summed E-state index contributed by atoms with van der Waals surface area (Å²) in [7, 11) is 0. The van der Waals surface area contributed by atoms with E-state index in [0.717, 1.165) is 10.5 Å². The van der Waals surface area contributed by atoms with Crippen LogP contribution in [-0.4, -0.2) is 28.6 Å². The number of benzene rings is 2. The molecule has 0 saturated heterocycles. The summed E-state index contributed by atoms with van der Waals surface area (Å²) in [5.41, 5.74) is 2.18. The summed E-state index contributed by atoms with van der Waals surface area (Å²) >= 11 is 7.45. The molecule has 0 aromatic heterocycles. The van der Waals surface area contributed by atoms with Crippen molar-refractivity contribution >= 4 is 52.5 Å². The van der Waals surface area contributed by atoms with E-state index >= 15 is 0 Å². The predicted octanol–water partition coefficient (Wildman–Crippen LogP) is 4.98. The van der Waals surface area contributed by atoms with Gasteiger partial charge in [-0.25, -0.2) is 0 Å². The molecule has 2 amide bonds. The Kier molecular flexibility index (Phi) is 7.76. The van der Waals surface area contributed by atoms with E-state index in [4.69, 9.17) is 11.6 Å². The van der Waals surface area contributed by atoms with Gasteiger partial charge in [-0.05, 0) is 61.7 Å². The van der Waals surface area contributed by atoms with Crippen molar-refractivity contribution in [3.8, 4) is 0 Å². The van der Waals surface area contributed by atoms with Gasteiger partial charge < -0.3 is 15.7 Å². The Hall–Kier alpha value is -2.77. The maximum absolute atomic E-state index is 12.5. The van der Waals surface area contributed by atoms with Gasteiger partial charge in [-0.2, -0.15) is 0 Å². The van der Waals surface area contributed by atoms with Crippen LogP contribution in [0.3, 0.4) is 0 Å². The average Bonchev–Trinajstić information content (AvgIpc) is 2.76. The number of carboxylic acid groups (broad SMARTS) is 1. The molecule has 0 saturated carbocycles. The second kappa shape index (κ2) is 10.5. The number of nitrogens with one attached hydrogen (secondary N) is 2. The van der Waals surface area contributed by atoms with Crippen molar-refractivity contribution in [2.24, 2.45) is 11.8 Å². The van der Waals surface area contributed by atoms with Gasteiger partial charge in [-0.15, -0.1) is 11.8 Å². The van der Waals surface area contributed by atoms with Crippen LogP contribution in [0, 0.1) is 18.8 Å². The van der Waals surface area contributed by atoms with E-state index in [0.29, 0.717) is 29.2 Å². The molecule has 0 radical (unpaired) electrons. The second-order valence-corrected chi connectivity index (χ2v) is 8.76. The Balaban J connectivity index is 1.51. The van der Waals surface area contributed by atoms with Gasteiger partial charge in [0.25, 0.3) is 0 Å². The highest BCUT2D eigenvalue weighted by Gasteiger charge is 2.33. The van der Waals surface area contributed by atoms with Gasteiger partial charge in [0.1, 0.15) is 0 Å². The van der Waals surface area contributed by atoms with Gasteiger partial charge in [-0.1, -0.05) is 29.8 Å². The highest BCUT2D eigenvalue weighted by Crippen LogP contribution is 2.28. The number of thioether (sulfide) groups is 1. The van der Waals surface area contributed by atoms with Crippen molar-refractivity contribution in [3.05, 3.63) is 65.2 Å². The molecule has 3 rings (SSSR count). The van der Waals surface area contributed by atoms with Crippen LogP contribution >= 0.6 is 23.4 Å². The Morgan fingerprint density at radius 2 is 1.65 bits per heavy atom. The monoisotopic (exact) mass is 458 g/mol. The highest BCUT2D eigenvalue weighted by molar-refractivity contribution is 8.00. The Morgan fingerprint density at radius 3 is 2.29 bits per heavy atom. The quantitative estimate of drug-likeness (QED) is 0.401. The van der Waals surface area contributed by atoms with Crippen LogP contribution in [0.2, 0.25) is 5.02 Å². The lowest BCUT2D eigenvalue weighted by Crippen LogP contribution is -2.34. The molecular formula is C23H23ClN2O4S. The smallest absolute Gasteiger partial charge is 0.307 e. The van der Waals surface area contributed by atoms with Gasteiger partial charge in [-0.3, -0.25) is 14.4 Å². The first-order valence-corrected chi connectivity index (χ1v) is 11.2. The fraction of sp³-hybridized carbons (Fsp3) is 0.261. The van der Waals surface area contributed by atoms with Crippen LogP contribution in [0.1, 0.15) is 18.4 Å². The highest BCUT2D eigenvalue weighted by atomic mass is 35.5. The van der Waals surface area contributed by atoms with Crippen molar-refractivity contribution < 1.29 is 19.5 Å². The van der Waals surface area contributed by atoms with Gasteiger partial charge in [0.15, 0.2) is 0 Å². The minimum absolute atomic E-state index is 0.146. The van der Waals surface area contributed by atoms with Crippen molar-refractivity contribution in [1.29, 1.82) is 0 Å². The Morgan fingerprint density at radius 1 is 1.00 bits per heavy atom. The maximum Gasteiger partial charge on any atom is 0.307 e. The van der Waals surface area contributed by atoms with Crippen LogP contribution in [0.5, 0.6) is 0 Å². The van der Waals surface area contributed by atoms with Crippen molar-refractivity contribution in [3.63, 3.8) is 0 Å². The third-order valence-corrected chi connectivity index (χ3v) is 6.45. The fourth-order valence-corrected chi connectivity index (χ4v) is 4.14. The van der Waals surface area contributed by atoms with Crippen LogP contribution in [0.4, 0.5) is 11.4 Å². The van der Waals surface area contributed by atoms with Gasteiger partial charge >= 0.3 is 5.97 Å². The molecule has 2 aromatic rings. The molecule has 0 unspecified atom stereocenters. The number of allylic oxidation sites excluding steroid dienone is 2. The largest absolute Gasteiger partial charge is 0.481 e. The van der Waals surface area contributed by atoms with Crippen molar-refractivity contribution in [2.45, 2.75) is 24.7 Å². The van der Waals surface area contributed by atoms with Crippen LogP contribution in [0.15, 0.2) is 59.5 Å². The molecule has 0 aliphatic heterocycles. The molecule has 0 bridgehead atoms. The molecule has 0 fully saturated rings. The van der Waals surface area contributed by atoms with Crippen molar-refractivity contribution in [2.75, 3.05) is 16.4 Å². The summed E-state index contributed by atoms with van der Waals surface area (Å²) in [6, 6.07) is 12.5. The number of carbonyl (C=O) groups excluding carboxylic acids is 2. The number of carbonyl (C=O) groups is 3. The number of hydrogen-bond donors (Lipinski definition) is 3. The number of halogens is 1. The molecule has 0 heterocycles. The molecule has 2 aromatic carbocycles. The van der Waals surface area contributed by atoms with E-state index in [1.54, 1.807) is 30.3 Å². The lowest BCUT2D eigenvalue weighted by Gasteiger charge is -2.24. The van der Waals surface area contributed by atoms with E-state index in [1.807, 2.05) is 31.2 Å². The zero-order valence-corrected chi connectivity index (χ0v) is 18.5. The maximum atomic E-state index is 12.5. The van der Waals surface area contributed by atoms with E-state index in [1.165, 1.54) is 11.8 Å². The summed E-state index contributed by atoms with van der Waals surface area (Å²) < 4.78 is 0. The van der Waals surface area contributed by atoms with Crippen molar-refractivity contribution in [1.82, 2.24) is 0 Å².